The Morgan fingerprint density at radius 3 is 2.43 bits per heavy atom. The maximum Gasteiger partial charge on any atom is 0.263 e. The molecular weight excluding hydrogens is 452 g/mol. The Hall–Kier alpha value is -2.51. The largest absolute Gasteiger partial charge is 0.337 e. The summed E-state index contributed by atoms with van der Waals surface area (Å²) in [6.45, 7) is 4.28. The normalized spacial score (nSPS) is 22.2. The Bertz CT molecular complexity index is 1050. The molecule has 6 heteroatoms. The highest BCUT2D eigenvalue weighted by atomic mass is 32.1. The minimum absolute atomic E-state index is 0.150. The van der Waals surface area contributed by atoms with E-state index in [0.29, 0.717) is 17.9 Å². The Morgan fingerprint density at radius 2 is 1.74 bits per heavy atom. The van der Waals surface area contributed by atoms with Crippen molar-refractivity contribution in [3.63, 3.8) is 0 Å². The van der Waals surface area contributed by atoms with Crippen LogP contribution >= 0.6 is 11.3 Å². The third kappa shape index (κ3) is 5.84. The van der Waals surface area contributed by atoms with E-state index in [2.05, 4.69) is 76.4 Å². The lowest BCUT2D eigenvalue weighted by molar-refractivity contribution is 0.0581. The molecule has 5 nitrogen and oxygen atoms in total. The molecule has 3 aromatic rings. The smallest absolute Gasteiger partial charge is 0.263 e. The van der Waals surface area contributed by atoms with E-state index in [0.717, 1.165) is 50.3 Å². The van der Waals surface area contributed by atoms with Crippen LogP contribution < -0.4 is 10.9 Å². The van der Waals surface area contributed by atoms with Crippen LogP contribution in [-0.2, 0) is 6.42 Å². The second-order valence-electron chi connectivity index (χ2n) is 9.96. The molecule has 0 radical (unpaired) electrons. The van der Waals surface area contributed by atoms with Gasteiger partial charge in [0.25, 0.3) is 5.91 Å². The minimum Gasteiger partial charge on any atom is -0.337 e. The van der Waals surface area contributed by atoms with Gasteiger partial charge in [-0.25, -0.2) is 5.43 Å². The van der Waals surface area contributed by atoms with Crippen LogP contribution in [0.3, 0.4) is 0 Å². The maximum atomic E-state index is 13.3. The molecule has 3 atom stereocenters. The van der Waals surface area contributed by atoms with Crippen LogP contribution in [0.5, 0.6) is 0 Å². The van der Waals surface area contributed by atoms with E-state index < -0.39 is 0 Å². The van der Waals surface area contributed by atoms with Crippen molar-refractivity contribution in [2.24, 2.45) is 11.8 Å². The summed E-state index contributed by atoms with van der Waals surface area (Å²) in [5, 5.41) is 1.99. The van der Waals surface area contributed by atoms with Crippen molar-refractivity contribution >= 4 is 17.2 Å². The highest BCUT2D eigenvalue weighted by Gasteiger charge is 2.35. The van der Waals surface area contributed by atoms with Gasteiger partial charge in [-0.3, -0.25) is 10.2 Å². The van der Waals surface area contributed by atoms with E-state index in [1.807, 2.05) is 29.5 Å². The molecule has 5 rings (SSSR count). The number of hydrogen-bond donors (Lipinski definition) is 2. The summed E-state index contributed by atoms with van der Waals surface area (Å²) in [6.07, 6.45) is 3.16. The number of hydrazine groups is 1. The number of likely N-dealkylation sites (N-methyl/N-ethyl adjacent to an activating group) is 1. The van der Waals surface area contributed by atoms with Gasteiger partial charge >= 0.3 is 0 Å². The summed E-state index contributed by atoms with van der Waals surface area (Å²) < 4.78 is 0. The van der Waals surface area contributed by atoms with Gasteiger partial charge in [0.1, 0.15) is 0 Å². The lowest BCUT2D eigenvalue weighted by atomic mass is 9.84. The minimum atomic E-state index is 0.150. The predicted molar refractivity (Wildman–Crippen MR) is 143 cm³/mol. The number of hydrogen-bond acceptors (Lipinski definition) is 5. The standard InChI is InChI=1S/C29H36N4OS/c1-32(29(34)27-13-8-18-35-27)26(19-22-9-4-2-5-10-22)23-14-16-33(17-15-23)21-25-20-30-31-28(25)24-11-6-3-7-12-24/h2-13,18,23,25-26,28,30-31H,14-17,19-21H2,1H3. The molecule has 3 unspecified atom stereocenters. The molecule has 35 heavy (non-hydrogen) atoms. The van der Waals surface area contributed by atoms with Gasteiger partial charge in [0.2, 0.25) is 0 Å². The SMILES string of the molecule is CN(C(=O)c1cccs1)C(Cc1ccccc1)C1CCN(CC2CNNC2c2ccccc2)CC1. The third-order valence-electron chi connectivity index (χ3n) is 7.76. The first-order valence-corrected chi connectivity index (χ1v) is 13.7. The van der Waals surface area contributed by atoms with Crippen molar-refractivity contribution in [3.8, 4) is 0 Å². The molecule has 2 aromatic carbocycles. The molecule has 0 spiro atoms. The van der Waals surface area contributed by atoms with Crippen LogP contribution in [0.1, 0.15) is 39.7 Å². The van der Waals surface area contributed by atoms with Crippen molar-refractivity contribution in [3.05, 3.63) is 94.2 Å². The van der Waals surface area contributed by atoms with Gasteiger partial charge < -0.3 is 9.80 Å². The molecule has 2 N–H and O–H groups in total. The predicted octanol–water partition coefficient (Wildman–Crippen LogP) is 4.61. The van der Waals surface area contributed by atoms with Crippen LogP contribution in [-0.4, -0.2) is 55.0 Å². The first-order valence-electron chi connectivity index (χ1n) is 12.8. The van der Waals surface area contributed by atoms with E-state index in [1.54, 1.807) is 0 Å². The van der Waals surface area contributed by atoms with Gasteiger partial charge in [-0.05, 0) is 60.8 Å². The fourth-order valence-electron chi connectivity index (χ4n) is 5.77. The summed E-state index contributed by atoms with van der Waals surface area (Å²) >= 11 is 1.53. The Balaban J connectivity index is 1.23. The molecule has 184 valence electrons. The van der Waals surface area contributed by atoms with E-state index in [4.69, 9.17) is 0 Å². The number of benzene rings is 2. The van der Waals surface area contributed by atoms with Crippen molar-refractivity contribution in [1.29, 1.82) is 0 Å². The van der Waals surface area contributed by atoms with Gasteiger partial charge in [0.15, 0.2) is 0 Å². The zero-order valence-electron chi connectivity index (χ0n) is 20.5. The molecule has 3 heterocycles. The molecule has 2 fully saturated rings. The van der Waals surface area contributed by atoms with Crippen molar-refractivity contribution < 1.29 is 4.79 Å². The first-order chi connectivity index (χ1) is 17.2. The van der Waals surface area contributed by atoms with Crippen molar-refractivity contribution in [2.75, 3.05) is 33.2 Å². The van der Waals surface area contributed by atoms with Crippen LogP contribution in [0, 0.1) is 11.8 Å². The molecule has 0 aliphatic carbocycles. The number of carbonyl (C=O) groups excluding carboxylic acids is 1. The van der Waals surface area contributed by atoms with Crippen molar-refractivity contribution in [2.45, 2.75) is 31.3 Å². The van der Waals surface area contributed by atoms with E-state index in [1.165, 1.54) is 22.5 Å². The van der Waals surface area contributed by atoms with E-state index in [-0.39, 0.29) is 11.9 Å². The Kier molecular flexibility index (Phi) is 7.94. The number of nitrogens with one attached hydrogen (secondary N) is 2. The molecule has 2 aliphatic heterocycles. The zero-order valence-corrected chi connectivity index (χ0v) is 21.3. The van der Waals surface area contributed by atoms with E-state index >= 15 is 0 Å². The quantitative estimate of drug-likeness (QED) is 0.486. The van der Waals surface area contributed by atoms with Crippen LogP contribution in [0.4, 0.5) is 0 Å². The summed E-state index contributed by atoms with van der Waals surface area (Å²) in [7, 11) is 2.00. The van der Waals surface area contributed by atoms with Gasteiger partial charge in [-0.15, -0.1) is 11.3 Å². The van der Waals surface area contributed by atoms with Crippen molar-refractivity contribution in [1.82, 2.24) is 20.7 Å². The lowest BCUT2D eigenvalue weighted by Crippen LogP contribution is -2.48. The average Bonchev–Trinajstić information content (AvgIpc) is 3.61. The summed E-state index contributed by atoms with van der Waals surface area (Å²) in [6, 6.07) is 25.9. The monoisotopic (exact) mass is 488 g/mol. The topological polar surface area (TPSA) is 47.6 Å². The lowest BCUT2D eigenvalue weighted by Gasteiger charge is -2.41. The van der Waals surface area contributed by atoms with Crippen LogP contribution in [0.2, 0.25) is 0 Å². The summed E-state index contributed by atoms with van der Waals surface area (Å²) in [5.74, 6) is 1.21. The average molecular weight is 489 g/mol. The van der Waals surface area contributed by atoms with Gasteiger partial charge in [-0.2, -0.15) is 0 Å². The maximum absolute atomic E-state index is 13.3. The van der Waals surface area contributed by atoms with Crippen LogP contribution in [0.15, 0.2) is 78.2 Å². The van der Waals surface area contributed by atoms with Gasteiger partial charge in [0.05, 0.1) is 10.9 Å². The molecule has 0 saturated carbocycles. The molecule has 0 bridgehead atoms. The summed E-state index contributed by atoms with van der Waals surface area (Å²) in [4.78, 5) is 18.7. The molecule has 1 amide bonds. The number of likely N-dealkylation sites (tertiary alicyclic amines) is 1. The number of carbonyl (C=O) groups is 1. The number of thiophene rings is 1. The van der Waals surface area contributed by atoms with Gasteiger partial charge in [0, 0.05) is 32.1 Å². The Morgan fingerprint density at radius 1 is 1.03 bits per heavy atom. The molecule has 1 aromatic heterocycles. The second kappa shape index (κ2) is 11.5. The number of rotatable bonds is 8. The fraction of sp³-hybridized carbons (Fsp3) is 0.414. The Labute approximate surface area is 213 Å². The summed E-state index contributed by atoms with van der Waals surface area (Å²) in [5.41, 5.74) is 9.53. The van der Waals surface area contributed by atoms with Gasteiger partial charge in [-0.1, -0.05) is 66.7 Å². The first kappa shape index (κ1) is 24.2. The van der Waals surface area contributed by atoms with Crippen LogP contribution in [0.25, 0.3) is 0 Å². The highest BCUT2D eigenvalue weighted by Crippen LogP contribution is 2.30. The number of amides is 1. The fourth-order valence-corrected chi connectivity index (χ4v) is 6.48. The molecule has 2 saturated heterocycles. The number of nitrogens with zero attached hydrogens (tertiary/aromatic N) is 2. The third-order valence-corrected chi connectivity index (χ3v) is 8.62. The number of piperidine rings is 1. The zero-order chi connectivity index (χ0) is 24.0. The van der Waals surface area contributed by atoms with E-state index in [9.17, 15) is 4.79 Å². The second-order valence-corrected chi connectivity index (χ2v) is 10.9. The molecule has 2 aliphatic rings. The highest BCUT2D eigenvalue weighted by molar-refractivity contribution is 7.12. The molecular formula is C29H36N4OS.